The molecule has 0 saturated carbocycles. The molecule has 5 nitrogen and oxygen atoms in total. The molecule has 1 aliphatic rings. The first-order valence-corrected chi connectivity index (χ1v) is 8.16. The molecule has 1 unspecified atom stereocenters. The lowest BCUT2D eigenvalue weighted by Crippen LogP contribution is -2.40. The number of nitrogens with one attached hydrogen (secondary N) is 1. The minimum absolute atomic E-state index is 0.192. The Bertz CT molecular complexity index is 736. The zero-order valence-electron chi connectivity index (χ0n) is 13.4. The lowest BCUT2D eigenvalue weighted by molar-refractivity contribution is 0.262. The van der Waals surface area contributed by atoms with Crippen molar-refractivity contribution in [2.24, 2.45) is 0 Å². The molecule has 0 aliphatic carbocycles. The number of nitrogens with zero attached hydrogens (tertiary/aromatic N) is 3. The zero-order valence-corrected chi connectivity index (χ0v) is 13.4. The molecule has 0 amide bonds. The van der Waals surface area contributed by atoms with Crippen LogP contribution in [0.1, 0.15) is 31.2 Å². The van der Waals surface area contributed by atoms with Gasteiger partial charge in [-0.05, 0) is 37.8 Å². The third kappa shape index (κ3) is 2.95. The second-order valence-corrected chi connectivity index (χ2v) is 5.97. The maximum Gasteiger partial charge on any atom is 0.136 e. The van der Waals surface area contributed by atoms with Gasteiger partial charge in [-0.2, -0.15) is 5.26 Å². The van der Waals surface area contributed by atoms with E-state index >= 15 is 0 Å². The molecule has 5 heteroatoms. The Morgan fingerprint density at radius 3 is 3.00 bits per heavy atom. The highest BCUT2D eigenvalue weighted by molar-refractivity contribution is 6.00. The molecular weight excluding hydrogens is 288 g/mol. The summed E-state index contributed by atoms with van der Waals surface area (Å²) in [5.74, 6) is 0.925. The van der Waals surface area contributed by atoms with Gasteiger partial charge in [-0.1, -0.05) is 6.07 Å². The van der Waals surface area contributed by atoms with Crippen LogP contribution in [0.25, 0.3) is 10.8 Å². The third-order valence-electron chi connectivity index (χ3n) is 4.63. The van der Waals surface area contributed by atoms with E-state index in [4.69, 9.17) is 0 Å². The van der Waals surface area contributed by atoms with Crippen molar-refractivity contribution in [2.75, 3.05) is 30.4 Å². The highest BCUT2D eigenvalue weighted by Gasteiger charge is 2.25. The smallest absolute Gasteiger partial charge is 0.136 e. The summed E-state index contributed by atoms with van der Waals surface area (Å²) in [4.78, 5) is 6.99. The number of anilines is 2. The highest BCUT2D eigenvalue weighted by atomic mass is 16.3. The minimum Gasteiger partial charge on any atom is -0.396 e. The van der Waals surface area contributed by atoms with Crippen molar-refractivity contribution in [1.29, 1.82) is 5.26 Å². The Morgan fingerprint density at radius 1 is 1.39 bits per heavy atom. The van der Waals surface area contributed by atoms with Crippen molar-refractivity contribution in [3.8, 4) is 6.07 Å². The van der Waals surface area contributed by atoms with E-state index in [1.165, 1.54) is 6.42 Å². The Morgan fingerprint density at radius 2 is 2.26 bits per heavy atom. The van der Waals surface area contributed by atoms with Gasteiger partial charge in [0.25, 0.3) is 0 Å². The van der Waals surface area contributed by atoms with E-state index in [0.29, 0.717) is 11.6 Å². The average molecular weight is 310 g/mol. The van der Waals surface area contributed by atoms with Gasteiger partial charge < -0.3 is 15.3 Å². The minimum atomic E-state index is 0.192. The summed E-state index contributed by atoms with van der Waals surface area (Å²) in [7, 11) is 1.88. The summed E-state index contributed by atoms with van der Waals surface area (Å²) in [6, 6.07) is 8.28. The molecule has 1 aromatic carbocycles. The normalized spacial score (nSPS) is 18.0. The number of hydrogen-bond acceptors (Lipinski definition) is 5. The Hall–Kier alpha value is -2.32. The van der Waals surface area contributed by atoms with Crippen molar-refractivity contribution >= 4 is 22.3 Å². The van der Waals surface area contributed by atoms with E-state index in [-0.39, 0.29) is 6.61 Å². The Balaban J connectivity index is 2.14. The fourth-order valence-corrected chi connectivity index (χ4v) is 3.46. The largest absolute Gasteiger partial charge is 0.396 e. The second kappa shape index (κ2) is 6.84. The number of nitriles is 1. The molecule has 1 aliphatic heterocycles. The van der Waals surface area contributed by atoms with Gasteiger partial charge in [0, 0.05) is 37.0 Å². The van der Waals surface area contributed by atoms with Gasteiger partial charge in [-0.25, -0.2) is 4.98 Å². The molecular formula is C18H22N4O. The summed E-state index contributed by atoms with van der Waals surface area (Å²) in [6.07, 6.45) is 6.02. The van der Waals surface area contributed by atoms with E-state index < -0.39 is 0 Å². The maximum atomic E-state index is 9.36. The van der Waals surface area contributed by atoms with Gasteiger partial charge in [0.15, 0.2) is 0 Å². The highest BCUT2D eigenvalue weighted by Crippen LogP contribution is 2.34. The quantitative estimate of drug-likeness (QED) is 0.908. The molecule has 0 spiro atoms. The number of aliphatic hydroxyl groups is 1. The third-order valence-corrected chi connectivity index (χ3v) is 4.63. The van der Waals surface area contributed by atoms with Crippen LogP contribution in [0, 0.1) is 11.3 Å². The van der Waals surface area contributed by atoms with Gasteiger partial charge in [0.2, 0.25) is 0 Å². The Labute approximate surface area is 136 Å². The number of hydrogen-bond donors (Lipinski definition) is 2. The molecule has 0 bridgehead atoms. The molecule has 2 aromatic rings. The van der Waals surface area contributed by atoms with Gasteiger partial charge in [0.05, 0.1) is 23.5 Å². The second-order valence-electron chi connectivity index (χ2n) is 5.97. The van der Waals surface area contributed by atoms with E-state index in [2.05, 4.69) is 21.3 Å². The number of aliphatic hydroxyl groups excluding tert-OH is 1. The summed E-state index contributed by atoms with van der Waals surface area (Å²) < 4.78 is 0. The number of benzene rings is 1. The van der Waals surface area contributed by atoms with Gasteiger partial charge >= 0.3 is 0 Å². The van der Waals surface area contributed by atoms with Crippen LogP contribution in [0.15, 0.2) is 24.4 Å². The Kier molecular flexibility index (Phi) is 4.63. The number of rotatable bonds is 4. The van der Waals surface area contributed by atoms with Crippen LogP contribution in [0.2, 0.25) is 0 Å². The van der Waals surface area contributed by atoms with Crippen LogP contribution in [0.4, 0.5) is 11.5 Å². The number of pyridine rings is 1. The first-order valence-electron chi connectivity index (χ1n) is 8.16. The molecule has 1 saturated heterocycles. The summed E-state index contributed by atoms with van der Waals surface area (Å²) in [5.41, 5.74) is 1.61. The van der Waals surface area contributed by atoms with Gasteiger partial charge in [-0.15, -0.1) is 0 Å². The van der Waals surface area contributed by atoms with Gasteiger partial charge in [0.1, 0.15) is 5.82 Å². The van der Waals surface area contributed by atoms with Crippen LogP contribution in [-0.2, 0) is 0 Å². The number of fused-ring (bicyclic) bond motifs is 1. The summed E-state index contributed by atoms with van der Waals surface area (Å²) in [5, 5.41) is 23.8. The molecule has 2 N–H and O–H groups in total. The van der Waals surface area contributed by atoms with Crippen LogP contribution < -0.4 is 10.2 Å². The zero-order chi connectivity index (χ0) is 16.2. The predicted octanol–water partition coefficient (Wildman–Crippen LogP) is 2.89. The topological polar surface area (TPSA) is 72.2 Å². The summed E-state index contributed by atoms with van der Waals surface area (Å²) >= 11 is 0. The molecule has 1 atom stereocenters. The monoisotopic (exact) mass is 310 g/mol. The van der Waals surface area contributed by atoms with E-state index in [9.17, 15) is 10.4 Å². The fraction of sp³-hybridized carbons (Fsp3) is 0.444. The fourth-order valence-electron chi connectivity index (χ4n) is 3.46. The molecule has 0 radical (unpaired) electrons. The average Bonchev–Trinajstić information content (AvgIpc) is 2.61. The molecule has 120 valence electrons. The van der Waals surface area contributed by atoms with Crippen LogP contribution in [0.3, 0.4) is 0 Å². The van der Waals surface area contributed by atoms with Crippen LogP contribution >= 0.6 is 0 Å². The lowest BCUT2D eigenvalue weighted by atomic mass is 9.98. The van der Waals surface area contributed by atoms with Crippen molar-refractivity contribution in [1.82, 2.24) is 4.98 Å². The van der Waals surface area contributed by atoms with E-state index in [0.717, 1.165) is 48.1 Å². The molecule has 23 heavy (non-hydrogen) atoms. The number of piperidine rings is 1. The standard InChI is InChI=1S/C18H22N4O/c1-20-17-12-21-18(16-10-13(11-19)5-6-15(16)17)22-8-3-2-4-14(22)7-9-23/h5-6,10,12,14,20,23H,2-4,7-9H2,1H3. The first kappa shape index (κ1) is 15.6. The van der Waals surface area contributed by atoms with Crippen molar-refractivity contribution in [3.05, 3.63) is 30.0 Å². The first-order chi connectivity index (χ1) is 11.3. The summed E-state index contributed by atoms with van der Waals surface area (Å²) in [6.45, 7) is 1.14. The van der Waals surface area contributed by atoms with Crippen molar-refractivity contribution in [3.63, 3.8) is 0 Å². The SMILES string of the molecule is CNc1cnc(N2CCCCC2CCO)c2cc(C#N)ccc12. The molecule has 2 heterocycles. The van der Waals surface area contributed by atoms with E-state index in [1.807, 2.05) is 31.4 Å². The van der Waals surface area contributed by atoms with Crippen molar-refractivity contribution < 1.29 is 5.11 Å². The number of aromatic nitrogens is 1. The van der Waals surface area contributed by atoms with Gasteiger partial charge in [-0.3, -0.25) is 0 Å². The van der Waals surface area contributed by atoms with Crippen LogP contribution in [0.5, 0.6) is 0 Å². The van der Waals surface area contributed by atoms with Crippen LogP contribution in [-0.4, -0.2) is 36.3 Å². The maximum absolute atomic E-state index is 9.36. The molecule has 3 rings (SSSR count). The predicted molar refractivity (Wildman–Crippen MR) is 92.7 cm³/mol. The van der Waals surface area contributed by atoms with E-state index in [1.54, 1.807) is 0 Å². The molecule has 1 fully saturated rings. The lowest BCUT2D eigenvalue weighted by Gasteiger charge is -2.37. The molecule has 1 aromatic heterocycles. The van der Waals surface area contributed by atoms with Crippen molar-refractivity contribution in [2.45, 2.75) is 31.7 Å².